The first kappa shape index (κ1) is 17.6. The molecule has 0 aromatic rings. The van der Waals surface area contributed by atoms with Crippen LogP contribution in [0.3, 0.4) is 0 Å². The lowest BCUT2D eigenvalue weighted by Gasteiger charge is -2.12. The van der Waals surface area contributed by atoms with Gasteiger partial charge in [-0.2, -0.15) is 0 Å². The fourth-order valence-electron chi connectivity index (χ4n) is 0.718. The molecule has 0 saturated carbocycles. The molecule has 7 nitrogen and oxygen atoms in total. The van der Waals surface area contributed by atoms with E-state index in [-0.39, 0.29) is 6.42 Å². The molecule has 0 aliphatic heterocycles. The van der Waals surface area contributed by atoms with Gasteiger partial charge in [0, 0.05) is 21.0 Å². The number of aliphatic hydroxyl groups excluding tert-OH is 1. The summed E-state index contributed by atoms with van der Waals surface area (Å²) in [6.45, 7) is 3.63. The number of rotatable bonds is 4. The van der Waals surface area contributed by atoms with Crippen LogP contribution in [-0.2, 0) is 28.7 Å². The van der Waals surface area contributed by atoms with Gasteiger partial charge in [-0.05, 0) is 6.42 Å². The Kier molecular flexibility index (Phi) is 9.82. The van der Waals surface area contributed by atoms with Gasteiger partial charge in [0.05, 0.1) is 0 Å². The lowest BCUT2D eigenvalue weighted by atomic mass is 10.3. The lowest BCUT2D eigenvalue weighted by Crippen LogP contribution is -2.31. The van der Waals surface area contributed by atoms with Crippen LogP contribution in [0.2, 0.25) is 0 Å². The number of carbonyl (C=O) groups is 4. The third kappa shape index (κ3) is 8.09. The summed E-state index contributed by atoms with van der Waals surface area (Å²) in [6, 6.07) is 0. The van der Waals surface area contributed by atoms with Crippen molar-refractivity contribution in [2.45, 2.75) is 33.3 Å². The van der Waals surface area contributed by atoms with Gasteiger partial charge in [0.15, 0.2) is 6.10 Å². The second-order valence-electron chi connectivity index (χ2n) is 2.77. The largest absolute Gasteiger partial charge is 0.445 e. The van der Waals surface area contributed by atoms with Crippen molar-refractivity contribution in [2.24, 2.45) is 0 Å². The number of carbonyl (C=O) groups excluding carboxylic acids is 4. The second kappa shape index (κ2) is 9.46. The molecule has 0 radical (unpaired) electrons. The number of ether oxygens (including phenoxy) is 2. The first-order chi connectivity index (χ1) is 7.88. The first-order valence-electron chi connectivity index (χ1n) is 4.77. The van der Waals surface area contributed by atoms with Crippen molar-refractivity contribution in [3.05, 3.63) is 0 Å². The van der Waals surface area contributed by atoms with Crippen molar-refractivity contribution in [3.63, 3.8) is 0 Å². The summed E-state index contributed by atoms with van der Waals surface area (Å²) in [4.78, 5) is 42.9. The summed E-state index contributed by atoms with van der Waals surface area (Å²) in [5.74, 6) is -3.71. The van der Waals surface area contributed by atoms with Gasteiger partial charge in [0.2, 0.25) is 5.78 Å². The Morgan fingerprint density at radius 2 is 1.59 bits per heavy atom. The number of ketones is 1. The summed E-state index contributed by atoms with van der Waals surface area (Å²) < 4.78 is 8.73. The minimum atomic E-state index is -1.22. The van der Waals surface area contributed by atoms with Crippen LogP contribution >= 0.6 is 0 Å². The van der Waals surface area contributed by atoms with Crippen LogP contribution in [0.5, 0.6) is 0 Å². The van der Waals surface area contributed by atoms with Gasteiger partial charge in [0.1, 0.15) is 0 Å². The molecule has 0 saturated heterocycles. The van der Waals surface area contributed by atoms with Crippen molar-refractivity contribution in [1.29, 1.82) is 0 Å². The normalized spacial score (nSPS) is 10.4. The minimum Gasteiger partial charge on any atom is -0.445 e. The van der Waals surface area contributed by atoms with Gasteiger partial charge >= 0.3 is 17.9 Å². The van der Waals surface area contributed by atoms with Crippen molar-refractivity contribution >= 4 is 23.7 Å². The highest BCUT2D eigenvalue weighted by atomic mass is 16.6. The zero-order valence-corrected chi connectivity index (χ0v) is 10.2. The van der Waals surface area contributed by atoms with Crippen LogP contribution < -0.4 is 0 Å². The number of Topliss-reactive ketones (excluding diaryl/α,β-unsaturated/α-hetero) is 1. The molecule has 0 aromatic heterocycles. The number of hydrogen-bond acceptors (Lipinski definition) is 7. The fourth-order valence-corrected chi connectivity index (χ4v) is 0.718. The first-order valence-corrected chi connectivity index (χ1v) is 4.77. The molecular weight excluding hydrogens is 232 g/mol. The smallest absolute Gasteiger partial charge is 0.375 e. The molecule has 0 fully saturated rings. The SMILES string of the molecule is CCC(OC(=O)C(C)=O)C(=O)OC(C)=O.CO. The molecule has 0 aliphatic rings. The van der Waals surface area contributed by atoms with E-state index in [1.54, 1.807) is 6.92 Å². The molecule has 1 atom stereocenters. The molecule has 0 aliphatic carbocycles. The predicted molar refractivity (Wildman–Crippen MR) is 55.8 cm³/mol. The van der Waals surface area contributed by atoms with E-state index in [0.29, 0.717) is 0 Å². The van der Waals surface area contributed by atoms with Crippen LogP contribution in [0.25, 0.3) is 0 Å². The highest BCUT2D eigenvalue weighted by Crippen LogP contribution is 2.02. The van der Waals surface area contributed by atoms with E-state index in [2.05, 4.69) is 9.47 Å². The number of aliphatic hydroxyl groups is 1. The van der Waals surface area contributed by atoms with Crippen LogP contribution in [-0.4, -0.2) is 42.0 Å². The standard InChI is InChI=1S/C9H12O6.CH4O/c1-4-7(9(13)14-6(3)11)15-8(12)5(2)10;1-2/h7H,4H2,1-3H3;2H,1H3. The van der Waals surface area contributed by atoms with Crippen molar-refractivity contribution < 1.29 is 33.8 Å². The highest BCUT2D eigenvalue weighted by molar-refractivity contribution is 6.32. The molecule has 1 N–H and O–H groups in total. The summed E-state index contributed by atoms with van der Waals surface area (Å²) in [6.07, 6.45) is -1.09. The average Bonchev–Trinajstić information content (AvgIpc) is 2.26. The van der Waals surface area contributed by atoms with Gasteiger partial charge in [-0.15, -0.1) is 0 Å². The number of hydrogen-bond donors (Lipinski definition) is 1. The van der Waals surface area contributed by atoms with Crippen molar-refractivity contribution in [3.8, 4) is 0 Å². The van der Waals surface area contributed by atoms with E-state index in [4.69, 9.17) is 5.11 Å². The summed E-state index contributed by atoms with van der Waals surface area (Å²) in [5, 5.41) is 7.00. The molecule has 7 heteroatoms. The Bertz CT molecular complexity index is 295. The molecule has 0 aromatic carbocycles. The average molecular weight is 248 g/mol. The number of esters is 3. The zero-order valence-electron chi connectivity index (χ0n) is 10.2. The Morgan fingerprint density at radius 1 is 1.12 bits per heavy atom. The van der Waals surface area contributed by atoms with Gasteiger partial charge in [-0.3, -0.25) is 9.59 Å². The Labute approximate surface area is 98.7 Å². The van der Waals surface area contributed by atoms with Gasteiger partial charge in [-0.25, -0.2) is 9.59 Å². The molecule has 0 amide bonds. The quantitative estimate of drug-likeness (QED) is 0.409. The maximum Gasteiger partial charge on any atom is 0.375 e. The molecule has 17 heavy (non-hydrogen) atoms. The van der Waals surface area contributed by atoms with Gasteiger partial charge < -0.3 is 14.6 Å². The van der Waals surface area contributed by atoms with Crippen molar-refractivity contribution in [2.75, 3.05) is 7.11 Å². The van der Waals surface area contributed by atoms with Gasteiger partial charge in [0.25, 0.3) is 0 Å². The lowest BCUT2D eigenvalue weighted by molar-refractivity contribution is -0.174. The van der Waals surface area contributed by atoms with E-state index >= 15 is 0 Å². The van der Waals surface area contributed by atoms with E-state index in [1.165, 1.54) is 0 Å². The predicted octanol–water partition coefficient (Wildman–Crippen LogP) is -0.405. The molecule has 0 rings (SSSR count). The second-order valence-corrected chi connectivity index (χ2v) is 2.77. The van der Waals surface area contributed by atoms with Crippen LogP contribution in [0.4, 0.5) is 0 Å². The van der Waals surface area contributed by atoms with Crippen molar-refractivity contribution in [1.82, 2.24) is 0 Å². The molecule has 0 bridgehead atoms. The molecular formula is C10H16O7. The highest BCUT2D eigenvalue weighted by Gasteiger charge is 2.25. The fraction of sp³-hybridized carbons (Fsp3) is 0.600. The summed E-state index contributed by atoms with van der Waals surface area (Å²) in [5.41, 5.74) is 0. The third-order valence-electron chi connectivity index (χ3n) is 1.41. The summed E-state index contributed by atoms with van der Waals surface area (Å²) in [7, 11) is 1.00. The molecule has 1 unspecified atom stereocenters. The van der Waals surface area contributed by atoms with E-state index < -0.39 is 29.8 Å². The maximum absolute atomic E-state index is 11.1. The van der Waals surface area contributed by atoms with Crippen LogP contribution in [0.1, 0.15) is 27.2 Å². The summed E-state index contributed by atoms with van der Waals surface area (Å²) >= 11 is 0. The molecule has 0 heterocycles. The Hall–Kier alpha value is -1.76. The maximum atomic E-state index is 11.1. The zero-order chi connectivity index (χ0) is 14.0. The van der Waals surface area contributed by atoms with E-state index in [9.17, 15) is 19.2 Å². The molecule has 98 valence electrons. The third-order valence-corrected chi connectivity index (χ3v) is 1.41. The minimum absolute atomic E-state index is 0.130. The Balaban J connectivity index is 0. The topological polar surface area (TPSA) is 107 Å². The van der Waals surface area contributed by atoms with Crippen LogP contribution in [0.15, 0.2) is 0 Å². The Morgan fingerprint density at radius 3 is 1.88 bits per heavy atom. The monoisotopic (exact) mass is 248 g/mol. The van der Waals surface area contributed by atoms with Crippen LogP contribution in [0, 0.1) is 0 Å². The van der Waals surface area contributed by atoms with Gasteiger partial charge in [-0.1, -0.05) is 6.92 Å². The van der Waals surface area contributed by atoms with E-state index in [1.807, 2.05) is 0 Å². The van der Waals surface area contributed by atoms with E-state index in [0.717, 1.165) is 21.0 Å². The molecule has 0 spiro atoms.